The molecule has 2 heterocycles. The summed E-state index contributed by atoms with van der Waals surface area (Å²) in [6.45, 7) is 2.35. The number of aryl methyl sites for hydroxylation is 1. The van der Waals surface area contributed by atoms with E-state index in [4.69, 9.17) is 0 Å². The molecule has 0 saturated carbocycles. The molecular formula is C12H16N2. The van der Waals surface area contributed by atoms with E-state index in [0.29, 0.717) is 5.41 Å². The molecule has 1 spiro atoms. The summed E-state index contributed by atoms with van der Waals surface area (Å²) in [5, 5.41) is 3.50. The maximum absolute atomic E-state index is 4.23. The van der Waals surface area contributed by atoms with Gasteiger partial charge in [-0.1, -0.05) is 0 Å². The van der Waals surface area contributed by atoms with Crippen LogP contribution in [0.3, 0.4) is 0 Å². The molecule has 1 aromatic rings. The average molecular weight is 188 g/mol. The first kappa shape index (κ1) is 8.42. The van der Waals surface area contributed by atoms with Gasteiger partial charge in [-0.05, 0) is 49.4 Å². The number of fused-ring (bicyclic) bond motifs is 2. The minimum Gasteiger partial charge on any atom is -0.316 e. The Bertz CT molecular complexity index is 340. The van der Waals surface area contributed by atoms with Crippen molar-refractivity contribution in [2.75, 3.05) is 13.1 Å². The van der Waals surface area contributed by atoms with Crippen molar-refractivity contribution >= 4 is 0 Å². The van der Waals surface area contributed by atoms with Crippen LogP contribution in [-0.4, -0.2) is 18.1 Å². The molecule has 0 bridgehead atoms. The maximum atomic E-state index is 4.23. The van der Waals surface area contributed by atoms with Crippen LogP contribution in [0.5, 0.6) is 0 Å². The fourth-order valence-electron chi connectivity index (χ4n) is 3.08. The van der Waals surface area contributed by atoms with Gasteiger partial charge in [0, 0.05) is 24.4 Å². The third kappa shape index (κ3) is 1.10. The highest BCUT2D eigenvalue weighted by Crippen LogP contribution is 2.40. The van der Waals surface area contributed by atoms with Gasteiger partial charge in [0.1, 0.15) is 0 Å². The Hall–Kier alpha value is -0.890. The van der Waals surface area contributed by atoms with Crippen LogP contribution in [0.2, 0.25) is 0 Å². The van der Waals surface area contributed by atoms with Gasteiger partial charge in [-0.3, -0.25) is 4.98 Å². The van der Waals surface area contributed by atoms with Crippen LogP contribution in [0.4, 0.5) is 0 Å². The molecule has 2 aliphatic rings. The predicted molar refractivity (Wildman–Crippen MR) is 56.3 cm³/mol. The van der Waals surface area contributed by atoms with Crippen LogP contribution < -0.4 is 5.32 Å². The Kier molecular flexibility index (Phi) is 1.84. The number of pyridine rings is 1. The molecule has 1 aromatic heterocycles. The Morgan fingerprint density at radius 1 is 1.36 bits per heavy atom. The minimum atomic E-state index is 0.455. The normalized spacial score (nSPS) is 30.6. The largest absolute Gasteiger partial charge is 0.316 e. The van der Waals surface area contributed by atoms with Gasteiger partial charge < -0.3 is 5.32 Å². The number of aromatic nitrogens is 1. The van der Waals surface area contributed by atoms with Gasteiger partial charge in [0.15, 0.2) is 0 Å². The Balaban J connectivity index is 2.10. The number of hydrogen-bond donors (Lipinski definition) is 1. The summed E-state index contributed by atoms with van der Waals surface area (Å²) in [6, 6.07) is 2.24. The van der Waals surface area contributed by atoms with E-state index in [1.807, 2.05) is 6.20 Å². The van der Waals surface area contributed by atoms with Crippen molar-refractivity contribution in [1.82, 2.24) is 10.3 Å². The SMILES string of the molecule is c1cc2c(cn1)CCCC21CCNC1. The van der Waals surface area contributed by atoms with Crippen molar-refractivity contribution in [3.05, 3.63) is 29.6 Å². The van der Waals surface area contributed by atoms with Crippen molar-refractivity contribution in [2.45, 2.75) is 31.1 Å². The topological polar surface area (TPSA) is 24.9 Å². The van der Waals surface area contributed by atoms with Gasteiger partial charge in [-0.15, -0.1) is 0 Å². The predicted octanol–water partition coefficient (Wildman–Crippen LogP) is 1.65. The maximum Gasteiger partial charge on any atom is 0.0302 e. The van der Waals surface area contributed by atoms with Gasteiger partial charge in [0.25, 0.3) is 0 Å². The molecule has 1 saturated heterocycles. The van der Waals surface area contributed by atoms with Gasteiger partial charge in [-0.25, -0.2) is 0 Å². The van der Waals surface area contributed by atoms with Crippen LogP contribution in [0.15, 0.2) is 18.5 Å². The Morgan fingerprint density at radius 3 is 3.21 bits per heavy atom. The summed E-state index contributed by atoms with van der Waals surface area (Å²) in [7, 11) is 0. The highest BCUT2D eigenvalue weighted by molar-refractivity contribution is 5.36. The first-order valence-corrected chi connectivity index (χ1v) is 5.55. The van der Waals surface area contributed by atoms with E-state index in [9.17, 15) is 0 Å². The first-order chi connectivity index (χ1) is 6.91. The molecule has 1 aliphatic carbocycles. The van der Waals surface area contributed by atoms with Crippen molar-refractivity contribution in [3.8, 4) is 0 Å². The van der Waals surface area contributed by atoms with Crippen LogP contribution >= 0.6 is 0 Å². The standard InChI is InChI=1S/C12H16N2/c1-2-10-8-13-6-3-11(10)12(4-1)5-7-14-9-12/h3,6,8,14H,1-2,4-5,7,9H2. The zero-order valence-corrected chi connectivity index (χ0v) is 8.42. The molecule has 1 N–H and O–H groups in total. The first-order valence-electron chi connectivity index (χ1n) is 5.55. The Morgan fingerprint density at radius 2 is 2.36 bits per heavy atom. The number of hydrogen-bond acceptors (Lipinski definition) is 2. The Labute approximate surface area is 84.7 Å². The quantitative estimate of drug-likeness (QED) is 0.669. The molecular weight excluding hydrogens is 172 g/mol. The van der Waals surface area contributed by atoms with E-state index in [2.05, 4.69) is 22.6 Å². The summed E-state index contributed by atoms with van der Waals surface area (Å²) >= 11 is 0. The van der Waals surface area contributed by atoms with E-state index < -0.39 is 0 Å². The highest BCUT2D eigenvalue weighted by atomic mass is 14.9. The molecule has 2 nitrogen and oxygen atoms in total. The number of rotatable bonds is 0. The molecule has 0 aromatic carbocycles. The monoisotopic (exact) mass is 188 g/mol. The minimum absolute atomic E-state index is 0.455. The molecule has 74 valence electrons. The molecule has 2 heteroatoms. The van der Waals surface area contributed by atoms with Crippen molar-refractivity contribution in [2.24, 2.45) is 0 Å². The molecule has 1 fully saturated rings. The van der Waals surface area contributed by atoms with E-state index in [1.165, 1.54) is 44.3 Å². The summed E-state index contributed by atoms with van der Waals surface area (Å²) < 4.78 is 0. The second-order valence-electron chi connectivity index (χ2n) is 4.59. The van der Waals surface area contributed by atoms with E-state index in [0.717, 1.165) is 0 Å². The summed E-state index contributed by atoms with van der Waals surface area (Å²) in [4.78, 5) is 4.23. The second kappa shape index (κ2) is 3.06. The molecule has 1 unspecified atom stereocenters. The van der Waals surface area contributed by atoms with Gasteiger partial charge in [0.2, 0.25) is 0 Å². The lowest BCUT2D eigenvalue weighted by atomic mass is 9.70. The molecule has 14 heavy (non-hydrogen) atoms. The highest BCUT2D eigenvalue weighted by Gasteiger charge is 2.38. The van der Waals surface area contributed by atoms with Crippen LogP contribution in [0.1, 0.15) is 30.4 Å². The van der Waals surface area contributed by atoms with E-state index in [1.54, 1.807) is 5.56 Å². The molecule has 0 radical (unpaired) electrons. The van der Waals surface area contributed by atoms with Crippen molar-refractivity contribution < 1.29 is 0 Å². The summed E-state index contributed by atoms with van der Waals surface area (Å²) in [6.07, 6.45) is 9.24. The average Bonchev–Trinajstić information content (AvgIpc) is 2.68. The smallest absolute Gasteiger partial charge is 0.0302 e. The number of nitrogens with one attached hydrogen (secondary N) is 1. The number of nitrogens with zero attached hydrogens (tertiary/aromatic N) is 1. The van der Waals surface area contributed by atoms with Crippen LogP contribution in [0, 0.1) is 0 Å². The van der Waals surface area contributed by atoms with Gasteiger partial charge in [-0.2, -0.15) is 0 Å². The van der Waals surface area contributed by atoms with Crippen molar-refractivity contribution in [1.29, 1.82) is 0 Å². The third-order valence-electron chi connectivity index (χ3n) is 3.82. The second-order valence-corrected chi connectivity index (χ2v) is 4.59. The zero-order valence-electron chi connectivity index (χ0n) is 8.42. The summed E-state index contributed by atoms with van der Waals surface area (Å²) in [5.74, 6) is 0. The summed E-state index contributed by atoms with van der Waals surface area (Å²) in [5.41, 5.74) is 3.52. The fourth-order valence-corrected chi connectivity index (χ4v) is 3.08. The molecule has 3 rings (SSSR count). The van der Waals surface area contributed by atoms with Crippen LogP contribution in [0.25, 0.3) is 0 Å². The lowest BCUT2D eigenvalue weighted by molar-refractivity contribution is 0.392. The zero-order chi connectivity index (χ0) is 9.43. The van der Waals surface area contributed by atoms with Gasteiger partial charge >= 0.3 is 0 Å². The lowest BCUT2D eigenvalue weighted by Crippen LogP contribution is -2.33. The van der Waals surface area contributed by atoms with Crippen molar-refractivity contribution in [3.63, 3.8) is 0 Å². The fraction of sp³-hybridized carbons (Fsp3) is 0.583. The van der Waals surface area contributed by atoms with E-state index in [-0.39, 0.29) is 0 Å². The van der Waals surface area contributed by atoms with Gasteiger partial charge in [0.05, 0.1) is 0 Å². The third-order valence-corrected chi connectivity index (χ3v) is 3.82. The van der Waals surface area contributed by atoms with E-state index >= 15 is 0 Å². The lowest BCUT2D eigenvalue weighted by Gasteiger charge is -2.34. The molecule has 1 aliphatic heterocycles. The van der Waals surface area contributed by atoms with Crippen LogP contribution in [-0.2, 0) is 11.8 Å². The molecule has 0 amide bonds. The molecule has 1 atom stereocenters.